The molecule has 0 aliphatic carbocycles. The van der Waals surface area contributed by atoms with Crippen LogP contribution >= 0.6 is 0 Å². The highest BCUT2D eigenvalue weighted by molar-refractivity contribution is 5.94. The van der Waals surface area contributed by atoms with Crippen LogP contribution in [0.4, 0.5) is 0 Å². The maximum absolute atomic E-state index is 13.7. The quantitative estimate of drug-likeness (QED) is 0.0826. The molecule has 0 bridgehead atoms. The van der Waals surface area contributed by atoms with Crippen LogP contribution in [0.25, 0.3) is 0 Å². The molecule has 1 fully saturated rings. The van der Waals surface area contributed by atoms with Gasteiger partial charge in [-0.05, 0) is 57.1 Å². The van der Waals surface area contributed by atoms with Crippen molar-refractivity contribution in [1.29, 1.82) is 0 Å². The summed E-state index contributed by atoms with van der Waals surface area (Å²) in [6.45, 7) is 11.4. The molecule has 1 saturated heterocycles. The third kappa shape index (κ3) is 13.6. The summed E-state index contributed by atoms with van der Waals surface area (Å²) in [4.78, 5) is 90.7. The molecular formula is C35H56N8O8. The van der Waals surface area contributed by atoms with Gasteiger partial charge in [0, 0.05) is 19.5 Å². The van der Waals surface area contributed by atoms with Crippen molar-refractivity contribution in [3.05, 3.63) is 35.9 Å². The van der Waals surface area contributed by atoms with Gasteiger partial charge in [0.05, 0.1) is 12.6 Å². The fourth-order valence-electron chi connectivity index (χ4n) is 5.83. The van der Waals surface area contributed by atoms with E-state index in [0.29, 0.717) is 25.9 Å². The molecule has 7 atom stereocenters. The van der Waals surface area contributed by atoms with E-state index in [0.717, 1.165) is 12.0 Å². The number of nitrogens with zero attached hydrogens (tertiary/aromatic N) is 1. The third-order valence-corrected chi connectivity index (χ3v) is 8.69. The number of hydrogen-bond donors (Lipinski definition) is 8. The van der Waals surface area contributed by atoms with Gasteiger partial charge in [0.2, 0.25) is 41.4 Å². The maximum Gasteiger partial charge on any atom is 0.245 e. The lowest BCUT2D eigenvalue weighted by Crippen LogP contribution is -2.59. The third-order valence-electron chi connectivity index (χ3n) is 8.69. The van der Waals surface area contributed by atoms with Gasteiger partial charge in [0.15, 0.2) is 0 Å². The summed E-state index contributed by atoms with van der Waals surface area (Å²) in [5.74, 6) is -4.45. The van der Waals surface area contributed by atoms with E-state index in [1.165, 1.54) is 20.8 Å². The molecule has 1 aromatic carbocycles. The van der Waals surface area contributed by atoms with Crippen molar-refractivity contribution in [2.24, 2.45) is 17.6 Å². The summed E-state index contributed by atoms with van der Waals surface area (Å²) in [7, 11) is 0. The molecule has 0 aromatic heterocycles. The van der Waals surface area contributed by atoms with Crippen LogP contribution in [-0.4, -0.2) is 113 Å². The topological polar surface area (TPSA) is 241 Å². The normalized spacial score (nSPS) is 18.0. The molecule has 0 saturated carbocycles. The monoisotopic (exact) mass is 716 g/mol. The van der Waals surface area contributed by atoms with E-state index < -0.39 is 84.3 Å². The standard InChI is InChI=1S/C35H56N8O8/c1-19(2)28(30(36)46)41-35(51)29(20(3)4)42-34(50)27-14-11-15-43(27)17-25(16-24-12-9-8-10-13-24)40-32(48)22(6)37-31(47)21(5)38-33(49)26(18-44)39-23(7)45/h8-10,12-13,19-22,25-29,44H,11,14-18H2,1-7H3,(H2,36,46)(H,37,47)(H,38,49)(H,39,45)(H,40,48)(H,41,51)(H,42,50)/t21-,22-,25?,26-,27-,28-,29-/m0/s1. The summed E-state index contributed by atoms with van der Waals surface area (Å²) in [5, 5.41) is 25.3. The number of nitrogens with two attached hydrogens (primary N) is 1. The van der Waals surface area contributed by atoms with Crippen molar-refractivity contribution in [2.45, 2.75) is 110 Å². The zero-order chi connectivity index (χ0) is 38.4. The highest BCUT2D eigenvalue weighted by Crippen LogP contribution is 2.20. The molecule has 0 radical (unpaired) electrons. The van der Waals surface area contributed by atoms with Crippen molar-refractivity contribution in [3.63, 3.8) is 0 Å². The summed E-state index contributed by atoms with van der Waals surface area (Å²) < 4.78 is 0. The van der Waals surface area contributed by atoms with Gasteiger partial charge in [-0.3, -0.25) is 38.5 Å². The summed E-state index contributed by atoms with van der Waals surface area (Å²) in [6, 6.07) is 3.33. The molecule has 1 aliphatic rings. The molecule has 16 nitrogen and oxygen atoms in total. The number of aliphatic hydroxyl groups excluding tert-OH is 1. The Labute approximate surface area is 299 Å². The lowest BCUT2D eigenvalue weighted by atomic mass is 9.99. The van der Waals surface area contributed by atoms with Gasteiger partial charge in [-0.15, -0.1) is 0 Å². The van der Waals surface area contributed by atoms with E-state index in [2.05, 4.69) is 31.9 Å². The zero-order valence-corrected chi connectivity index (χ0v) is 30.7. The minimum absolute atomic E-state index is 0.238. The smallest absolute Gasteiger partial charge is 0.245 e. The number of carbonyl (C=O) groups is 7. The number of likely N-dealkylation sites (tertiary alicyclic amines) is 1. The predicted octanol–water partition coefficient (Wildman–Crippen LogP) is -1.55. The highest BCUT2D eigenvalue weighted by atomic mass is 16.3. The van der Waals surface area contributed by atoms with Crippen molar-refractivity contribution in [1.82, 2.24) is 36.8 Å². The number of carbonyl (C=O) groups excluding carboxylic acids is 7. The number of rotatable bonds is 19. The average molecular weight is 717 g/mol. The van der Waals surface area contributed by atoms with Gasteiger partial charge < -0.3 is 42.7 Å². The van der Waals surface area contributed by atoms with Crippen LogP contribution in [0.3, 0.4) is 0 Å². The Morgan fingerprint density at radius 3 is 1.86 bits per heavy atom. The molecular weight excluding hydrogens is 660 g/mol. The van der Waals surface area contributed by atoms with Gasteiger partial charge >= 0.3 is 0 Å². The van der Waals surface area contributed by atoms with Gasteiger partial charge in [-0.2, -0.15) is 0 Å². The lowest BCUT2D eigenvalue weighted by Gasteiger charge is -2.31. The maximum atomic E-state index is 13.7. The number of nitrogens with one attached hydrogen (secondary N) is 6. The Morgan fingerprint density at radius 1 is 0.765 bits per heavy atom. The zero-order valence-electron chi connectivity index (χ0n) is 30.7. The molecule has 16 heteroatoms. The van der Waals surface area contributed by atoms with Gasteiger partial charge in [0.1, 0.15) is 30.2 Å². The van der Waals surface area contributed by atoms with Crippen LogP contribution in [0.1, 0.15) is 66.9 Å². The molecule has 1 unspecified atom stereocenters. The van der Waals surface area contributed by atoms with E-state index in [9.17, 15) is 38.7 Å². The molecule has 0 spiro atoms. The summed E-state index contributed by atoms with van der Waals surface area (Å²) in [6.07, 6.45) is 1.68. The van der Waals surface area contributed by atoms with E-state index in [1.54, 1.807) is 27.7 Å². The molecule has 9 N–H and O–H groups in total. The number of primary amides is 1. The second-order valence-electron chi connectivity index (χ2n) is 13.8. The van der Waals surface area contributed by atoms with Gasteiger partial charge in [-0.25, -0.2) is 0 Å². The van der Waals surface area contributed by atoms with Crippen LogP contribution in [-0.2, 0) is 40.0 Å². The number of aliphatic hydroxyl groups is 1. The minimum Gasteiger partial charge on any atom is -0.394 e. The van der Waals surface area contributed by atoms with Crippen molar-refractivity contribution < 1.29 is 38.7 Å². The van der Waals surface area contributed by atoms with Gasteiger partial charge in [0.25, 0.3) is 0 Å². The van der Waals surface area contributed by atoms with Gasteiger partial charge in [-0.1, -0.05) is 58.0 Å². The van der Waals surface area contributed by atoms with Crippen LogP contribution in [0.5, 0.6) is 0 Å². The summed E-state index contributed by atoms with van der Waals surface area (Å²) >= 11 is 0. The molecule has 284 valence electrons. The van der Waals surface area contributed by atoms with Crippen LogP contribution < -0.4 is 37.6 Å². The molecule has 51 heavy (non-hydrogen) atoms. The Bertz CT molecular complexity index is 1370. The molecule has 7 amide bonds. The fraction of sp³-hybridized carbons (Fsp3) is 0.629. The number of benzene rings is 1. The molecule has 1 heterocycles. The Balaban J connectivity index is 2.14. The first-order valence-electron chi connectivity index (χ1n) is 17.4. The van der Waals surface area contributed by atoms with Crippen LogP contribution in [0.15, 0.2) is 30.3 Å². The largest absolute Gasteiger partial charge is 0.394 e. The van der Waals surface area contributed by atoms with E-state index >= 15 is 0 Å². The Hall–Kier alpha value is -4.57. The SMILES string of the molecule is CC(=O)N[C@@H](CO)C(=O)N[C@@H](C)C(=O)N[C@@H](C)C(=O)NC(Cc1ccccc1)CN1CCC[C@H]1C(=O)N[C@H](C(=O)N[C@H](C(N)=O)C(C)C)C(C)C. The Kier molecular flexibility index (Phi) is 17.0. The second kappa shape index (κ2) is 20.3. The van der Waals surface area contributed by atoms with Crippen molar-refractivity contribution in [2.75, 3.05) is 19.7 Å². The van der Waals surface area contributed by atoms with E-state index in [-0.39, 0.29) is 17.7 Å². The predicted molar refractivity (Wildman–Crippen MR) is 189 cm³/mol. The lowest BCUT2D eigenvalue weighted by molar-refractivity contribution is -0.134. The van der Waals surface area contributed by atoms with Crippen LogP contribution in [0, 0.1) is 11.8 Å². The Morgan fingerprint density at radius 2 is 1.33 bits per heavy atom. The molecule has 2 rings (SSSR count). The van der Waals surface area contributed by atoms with E-state index in [1.807, 2.05) is 35.2 Å². The van der Waals surface area contributed by atoms with Crippen molar-refractivity contribution in [3.8, 4) is 0 Å². The first-order valence-corrected chi connectivity index (χ1v) is 17.4. The molecule has 1 aromatic rings. The second-order valence-corrected chi connectivity index (χ2v) is 13.8. The highest BCUT2D eigenvalue weighted by Gasteiger charge is 2.36. The van der Waals surface area contributed by atoms with Crippen molar-refractivity contribution >= 4 is 41.4 Å². The van der Waals surface area contributed by atoms with Crippen LogP contribution in [0.2, 0.25) is 0 Å². The summed E-state index contributed by atoms with van der Waals surface area (Å²) in [5.41, 5.74) is 6.43. The minimum atomic E-state index is -1.24. The fourth-order valence-corrected chi connectivity index (χ4v) is 5.83. The number of amides is 7. The molecule has 1 aliphatic heterocycles. The van der Waals surface area contributed by atoms with E-state index in [4.69, 9.17) is 5.73 Å². The number of hydrogen-bond acceptors (Lipinski definition) is 9. The first-order chi connectivity index (χ1) is 23.9. The first kappa shape index (κ1) is 42.6. The average Bonchev–Trinajstić information content (AvgIpc) is 3.52.